The van der Waals surface area contributed by atoms with Crippen molar-refractivity contribution in [3.63, 3.8) is 0 Å². The van der Waals surface area contributed by atoms with Crippen LogP contribution < -0.4 is 0 Å². The van der Waals surface area contributed by atoms with Gasteiger partial charge < -0.3 is 28.7 Å². The van der Waals surface area contributed by atoms with Gasteiger partial charge in [-0.2, -0.15) is 0 Å². The summed E-state index contributed by atoms with van der Waals surface area (Å²) >= 11 is 0. The van der Waals surface area contributed by atoms with E-state index in [1.807, 2.05) is 18.5 Å². The molecule has 0 bridgehead atoms. The number of aliphatic hydroxyl groups excluding tert-OH is 1. The van der Waals surface area contributed by atoms with E-state index in [1.54, 1.807) is 23.7 Å². The molecule has 1 aliphatic heterocycles. The van der Waals surface area contributed by atoms with Crippen LogP contribution in [-0.2, 0) is 23.3 Å². The van der Waals surface area contributed by atoms with Gasteiger partial charge >= 0.3 is 13.8 Å². The number of aliphatic hydroxyl groups is 1. The minimum atomic E-state index is -3.08. The monoisotopic (exact) mass is 425 g/mol. The lowest BCUT2D eigenvalue weighted by Crippen LogP contribution is -2.49. The van der Waals surface area contributed by atoms with Gasteiger partial charge in [0.1, 0.15) is 6.61 Å². The molecule has 0 radical (unpaired) electrons. The van der Waals surface area contributed by atoms with Gasteiger partial charge in [0.25, 0.3) is 0 Å². The van der Waals surface area contributed by atoms with Gasteiger partial charge in [0.15, 0.2) is 0 Å². The third kappa shape index (κ3) is 8.73. The number of hydrogen-bond donors (Lipinski definition) is 1. The summed E-state index contributed by atoms with van der Waals surface area (Å²) in [5.41, 5.74) is 0. The molecule has 0 aliphatic carbocycles. The van der Waals surface area contributed by atoms with E-state index >= 15 is 0 Å². The Kier molecular flexibility index (Phi) is 12.2. The highest BCUT2D eigenvalue weighted by Crippen LogP contribution is 2.53. The standard InChI is InChI=1S/C17H36N3O7P/c1-16(2)15-27-28(23,18(3)4)20-7-5-19(6-8-20)17(22)26-14-13-25-12-11-24-10-9-21/h16,21H,5-15H2,1-4H3. The van der Waals surface area contributed by atoms with E-state index < -0.39 is 13.8 Å². The molecule has 1 amide bonds. The normalized spacial score (nSPS) is 17.9. The molecule has 11 heteroatoms. The molecule has 1 saturated heterocycles. The van der Waals surface area contributed by atoms with Gasteiger partial charge in [-0.25, -0.2) is 14.1 Å². The molecule has 1 unspecified atom stereocenters. The highest BCUT2D eigenvalue weighted by atomic mass is 31.2. The van der Waals surface area contributed by atoms with E-state index in [-0.39, 0.29) is 32.3 Å². The van der Waals surface area contributed by atoms with Crippen molar-refractivity contribution in [2.24, 2.45) is 5.92 Å². The van der Waals surface area contributed by atoms with Gasteiger partial charge in [0.05, 0.1) is 39.6 Å². The van der Waals surface area contributed by atoms with E-state index in [1.165, 1.54) is 0 Å². The van der Waals surface area contributed by atoms with Crippen molar-refractivity contribution in [3.05, 3.63) is 0 Å². The lowest BCUT2D eigenvalue weighted by atomic mass is 10.2. The fourth-order valence-corrected chi connectivity index (χ4v) is 4.57. The lowest BCUT2D eigenvalue weighted by molar-refractivity contribution is 0.0126. The Morgan fingerprint density at radius 2 is 1.61 bits per heavy atom. The van der Waals surface area contributed by atoms with E-state index in [4.69, 9.17) is 23.8 Å². The summed E-state index contributed by atoms with van der Waals surface area (Å²) in [5.74, 6) is 0.285. The predicted molar refractivity (Wildman–Crippen MR) is 105 cm³/mol. The van der Waals surface area contributed by atoms with Gasteiger partial charge in [-0.1, -0.05) is 13.8 Å². The number of rotatable bonds is 13. The smallest absolute Gasteiger partial charge is 0.409 e. The number of carbonyl (C=O) groups excluding carboxylic acids is 1. The maximum absolute atomic E-state index is 13.2. The first kappa shape index (κ1) is 25.3. The molecular formula is C17H36N3O7P. The molecule has 1 fully saturated rings. The SMILES string of the molecule is CC(C)COP(=O)(N(C)C)N1CCN(C(=O)OCCOCCOCCO)CC1. The van der Waals surface area contributed by atoms with Crippen LogP contribution in [0.1, 0.15) is 13.8 Å². The first-order chi connectivity index (χ1) is 13.3. The van der Waals surface area contributed by atoms with Crippen LogP contribution in [0.2, 0.25) is 0 Å². The molecule has 1 N–H and O–H groups in total. The molecule has 0 aromatic heterocycles. The zero-order valence-electron chi connectivity index (χ0n) is 17.5. The number of amides is 1. The molecule has 0 aromatic rings. The van der Waals surface area contributed by atoms with Crippen LogP contribution in [0.5, 0.6) is 0 Å². The van der Waals surface area contributed by atoms with Gasteiger partial charge in [0.2, 0.25) is 0 Å². The highest BCUT2D eigenvalue weighted by molar-refractivity contribution is 7.53. The summed E-state index contributed by atoms with van der Waals surface area (Å²) in [6.07, 6.45) is -0.400. The van der Waals surface area contributed by atoms with E-state index in [2.05, 4.69) is 0 Å². The molecule has 10 nitrogen and oxygen atoms in total. The summed E-state index contributed by atoms with van der Waals surface area (Å²) in [6.45, 7) is 7.71. The second-order valence-corrected chi connectivity index (χ2v) is 9.64. The zero-order chi connectivity index (χ0) is 21.0. The average molecular weight is 425 g/mol. The summed E-state index contributed by atoms with van der Waals surface area (Å²) < 4.78 is 38.0. The third-order valence-electron chi connectivity index (χ3n) is 4.01. The number of nitrogens with zero attached hydrogens (tertiary/aromatic N) is 3. The molecule has 1 rings (SSSR count). The Hall–Kier alpha value is -0.740. The maximum Gasteiger partial charge on any atom is 0.409 e. The van der Waals surface area contributed by atoms with Crippen molar-refractivity contribution < 1.29 is 33.2 Å². The van der Waals surface area contributed by atoms with Gasteiger partial charge in [-0.15, -0.1) is 0 Å². The fraction of sp³-hybridized carbons (Fsp3) is 0.941. The van der Waals surface area contributed by atoms with Crippen molar-refractivity contribution in [2.75, 3.05) is 86.5 Å². The molecule has 1 atom stereocenters. The first-order valence-electron chi connectivity index (χ1n) is 9.67. The van der Waals surface area contributed by atoms with Crippen LogP contribution in [0.25, 0.3) is 0 Å². The van der Waals surface area contributed by atoms with Crippen LogP contribution in [0.4, 0.5) is 4.79 Å². The highest BCUT2D eigenvalue weighted by Gasteiger charge is 2.38. The van der Waals surface area contributed by atoms with E-state index in [0.29, 0.717) is 46.0 Å². The lowest BCUT2D eigenvalue weighted by Gasteiger charge is -2.40. The summed E-state index contributed by atoms with van der Waals surface area (Å²) in [6, 6.07) is 0. The Balaban J connectivity index is 2.30. The van der Waals surface area contributed by atoms with Crippen molar-refractivity contribution >= 4 is 13.8 Å². The largest absolute Gasteiger partial charge is 0.447 e. The fourth-order valence-electron chi connectivity index (χ4n) is 2.49. The Bertz CT molecular complexity index is 485. The summed E-state index contributed by atoms with van der Waals surface area (Å²) in [7, 11) is 0.414. The van der Waals surface area contributed by atoms with Gasteiger partial charge in [-0.05, 0) is 20.0 Å². The topological polar surface area (TPSA) is 101 Å². The second kappa shape index (κ2) is 13.5. The van der Waals surface area contributed by atoms with Gasteiger partial charge in [-0.3, -0.25) is 4.57 Å². The molecule has 166 valence electrons. The number of carbonyl (C=O) groups is 1. The molecule has 0 spiro atoms. The molecule has 1 heterocycles. The first-order valence-corrected chi connectivity index (χ1v) is 11.2. The minimum Gasteiger partial charge on any atom is -0.447 e. The van der Waals surface area contributed by atoms with Crippen molar-refractivity contribution in [1.82, 2.24) is 14.2 Å². The molecular weight excluding hydrogens is 389 g/mol. The third-order valence-corrected chi connectivity index (χ3v) is 6.63. The van der Waals surface area contributed by atoms with Crippen LogP contribution in [0.3, 0.4) is 0 Å². The summed E-state index contributed by atoms with van der Waals surface area (Å²) in [5, 5.41) is 8.57. The Morgan fingerprint density at radius 1 is 1.04 bits per heavy atom. The van der Waals surface area contributed by atoms with Crippen LogP contribution >= 0.6 is 7.67 Å². The van der Waals surface area contributed by atoms with Crippen molar-refractivity contribution in [3.8, 4) is 0 Å². The number of piperazine rings is 1. The van der Waals surface area contributed by atoms with Crippen molar-refractivity contribution in [1.29, 1.82) is 0 Å². The predicted octanol–water partition coefficient (Wildman–Crippen LogP) is 1.11. The van der Waals surface area contributed by atoms with Crippen molar-refractivity contribution in [2.45, 2.75) is 13.8 Å². The minimum absolute atomic E-state index is 0.0152. The number of ether oxygens (including phenoxy) is 3. The van der Waals surface area contributed by atoms with Crippen LogP contribution in [0, 0.1) is 5.92 Å². The molecule has 28 heavy (non-hydrogen) atoms. The molecule has 0 saturated carbocycles. The second-order valence-electron chi connectivity index (χ2n) is 7.03. The van der Waals surface area contributed by atoms with E-state index in [0.717, 1.165) is 0 Å². The Morgan fingerprint density at radius 3 is 2.14 bits per heavy atom. The van der Waals surface area contributed by atoms with E-state index in [9.17, 15) is 9.36 Å². The quantitative estimate of drug-likeness (QED) is 0.343. The van der Waals surface area contributed by atoms with Gasteiger partial charge in [0, 0.05) is 26.2 Å². The maximum atomic E-state index is 13.2. The zero-order valence-corrected chi connectivity index (χ0v) is 18.4. The van der Waals surface area contributed by atoms with Crippen LogP contribution in [0.15, 0.2) is 0 Å². The average Bonchev–Trinajstić information content (AvgIpc) is 2.67. The molecule has 1 aliphatic rings. The summed E-state index contributed by atoms with van der Waals surface area (Å²) in [4.78, 5) is 13.7. The van der Waals surface area contributed by atoms with Crippen LogP contribution in [-0.4, -0.2) is 112 Å². The Labute approximate surface area is 168 Å². The number of hydrogen-bond acceptors (Lipinski definition) is 7. The molecule has 0 aromatic carbocycles.